The summed E-state index contributed by atoms with van der Waals surface area (Å²) < 4.78 is 6.38. The Morgan fingerprint density at radius 3 is 2.55 bits per heavy atom. The molecule has 0 atom stereocenters. The van der Waals surface area contributed by atoms with Gasteiger partial charge in [-0.1, -0.05) is 28.1 Å². The molecule has 0 radical (unpaired) electrons. The van der Waals surface area contributed by atoms with Crippen LogP contribution in [0.15, 0.2) is 46.9 Å². The van der Waals surface area contributed by atoms with Crippen molar-refractivity contribution in [2.45, 2.75) is 6.92 Å². The zero-order chi connectivity index (χ0) is 14.5. The minimum absolute atomic E-state index is 0.367. The first-order valence-corrected chi connectivity index (χ1v) is 7.39. The third kappa shape index (κ3) is 3.71. The van der Waals surface area contributed by atoms with Gasteiger partial charge in [0.05, 0.1) is 6.61 Å². The first kappa shape index (κ1) is 14.8. The van der Waals surface area contributed by atoms with Gasteiger partial charge in [-0.05, 0) is 49.4 Å². The Morgan fingerprint density at radius 2 is 1.95 bits per heavy atom. The van der Waals surface area contributed by atoms with Crippen LogP contribution < -0.4 is 15.8 Å². The van der Waals surface area contributed by atoms with Gasteiger partial charge in [0.2, 0.25) is 0 Å². The standard InChI is InChI=1S/C15H15BrN2OS/c1-2-19-12-6-4-11(5-7-12)18-14-9-10(16)3-8-13(14)15(17)20/h3-9,18H,2H2,1H3,(H2,17,20). The van der Waals surface area contributed by atoms with Crippen molar-refractivity contribution >= 4 is 44.5 Å². The van der Waals surface area contributed by atoms with E-state index in [0.717, 1.165) is 27.2 Å². The van der Waals surface area contributed by atoms with Gasteiger partial charge < -0.3 is 15.8 Å². The number of thiocarbonyl (C=S) groups is 1. The number of benzene rings is 2. The smallest absolute Gasteiger partial charge is 0.119 e. The lowest BCUT2D eigenvalue weighted by Gasteiger charge is -2.12. The van der Waals surface area contributed by atoms with Gasteiger partial charge in [-0.25, -0.2) is 0 Å². The second-order valence-corrected chi connectivity index (χ2v) is 5.49. The molecule has 0 fully saturated rings. The summed E-state index contributed by atoms with van der Waals surface area (Å²) in [6.07, 6.45) is 0. The Labute approximate surface area is 132 Å². The number of nitrogens with two attached hydrogens (primary N) is 1. The summed E-state index contributed by atoms with van der Waals surface area (Å²) in [6.45, 7) is 2.62. The van der Waals surface area contributed by atoms with Crippen molar-refractivity contribution in [2.24, 2.45) is 5.73 Å². The molecule has 0 spiro atoms. The first-order chi connectivity index (χ1) is 9.60. The second kappa shape index (κ2) is 6.72. The maximum atomic E-state index is 5.74. The molecule has 3 nitrogen and oxygen atoms in total. The van der Waals surface area contributed by atoms with E-state index in [1.54, 1.807) is 0 Å². The Balaban J connectivity index is 2.25. The van der Waals surface area contributed by atoms with Gasteiger partial charge in [-0.15, -0.1) is 0 Å². The van der Waals surface area contributed by atoms with E-state index in [1.165, 1.54) is 0 Å². The number of ether oxygens (including phenoxy) is 1. The lowest BCUT2D eigenvalue weighted by Crippen LogP contribution is -2.11. The zero-order valence-corrected chi connectivity index (χ0v) is 13.4. The summed E-state index contributed by atoms with van der Waals surface area (Å²) >= 11 is 8.51. The fourth-order valence-corrected chi connectivity index (χ4v) is 2.33. The maximum absolute atomic E-state index is 5.74. The number of anilines is 2. The van der Waals surface area contributed by atoms with Crippen molar-refractivity contribution in [3.63, 3.8) is 0 Å². The molecule has 20 heavy (non-hydrogen) atoms. The zero-order valence-electron chi connectivity index (χ0n) is 11.0. The van der Waals surface area contributed by atoms with Crippen LogP contribution >= 0.6 is 28.1 Å². The molecule has 0 saturated heterocycles. The van der Waals surface area contributed by atoms with Crippen LogP contribution in [0.1, 0.15) is 12.5 Å². The van der Waals surface area contributed by atoms with E-state index in [0.29, 0.717) is 11.6 Å². The van der Waals surface area contributed by atoms with Crippen molar-refractivity contribution in [1.82, 2.24) is 0 Å². The van der Waals surface area contributed by atoms with Gasteiger partial charge in [0, 0.05) is 21.4 Å². The van der Waals surface area contributed by atoms with Crippen LogP contribution in [0.5, 0.6) is 5.75 Å². The molecule has 0 aliphatic heterocycles. The van der Waals surface area contributed by atoms with Crippen LogP contribution in [0.3, 0.4) is 0 Å². The summed E-state index contributed by atoms with van der Waals surface area (Å²) in [5.41, 5.74) is 8.37. The van der Waals surface area contributed by atoms with Crippen LogP contribution in [-0.4, -0.2) is 11.6 Å². The minimum Gasteiger partial charge on any atom is -0.494 e. The van der Waals surface area contributed by atoms with Crippen molar-refractivity contribution < 1.29 is 4.74 Å². The van der Waals surface area contributed by atoms with Gasteiger partial charge in [0.25, 0.3) is 0 Å². The minimum atomic E-state index is 0.367. The molecule has 0 amide bonds. The van der Waals surface area contributed by atoms with Crippen LogP contribution in [0, 0.1) is 0 Å². The molecule has 3 N–H and O–H groups in total. The summed E-state index contributed by atoms with van der Waals surface area (Å²) in [5.74, 6) is 0.849. The number of hydrogen-bond acceptors (Lipinski definition) is 3. The molecule has 0 heterocycles. The third-order valence-corrected chi connectivity index (χ3v) is 3.40. The number of rotatable bonds is 5. The van der Waals surface area contributed by atoms with Crippen molar-refractivity contribution in [1.29, 1.82) is 0 Å². The van der Waals surface area contributed by atoms with Gasteiger partial charge in [-0.3, -0.25) is 0 Å². The SMILES string of the molecule is CCOc1ccc(Nc2cc(Br)ccc2C(N)=S)cc1. The quantitative estimate of drug-likeness (QED) is 0.792. The van der Waals surface area contributed by atoms with Gasteiger partial charge in [0.1, 0.15) is 10.7 Å². The van der Waals surface area contributed by atoms with Crippen LogP contribution in [0.4, 0.5) is 11.4 Å². The predicted molar refractivity (Wildman–Crippen MR) is 90.9 cm³/mol. The molecule has 0 aliphatic rings. The van der Waals surface area contributed by atoms with E-state index in [2.05, 4.69) is 21.2 Å². The fraction of sp³-hybridized carbons (Fsp3) is 0.133. The summed E-state index contributed by atoms with van der Waals surface area (Å²) in [5, 5.41) is 3.31. The van der Waals surface area contributed by atoms with Crippen LogP contribution in [-0.2, 0) is 0 Å². The maximum Gasteiger partial charge on any atom is 0.119 e. The van der Waals surface area contributed by atoms with Gasteiger partial charge in [0.15, 0.2) is 0 Å². The third-order valence-electron chi connectivity index (χ3n) is 2.69. The van der Waals surface area contributed by atoms with E-state index < -0.39 is 0 Å². The Kier molecular flexibility index (Phi) is 4.98. The van der Waals surface area contributed by atoms with E-state index in [4.69, 9.17) is 22.7 Å². The summed E-state index contributed by atoms with van der Waals surface area (Å²) in [7, 11) is 0. The Hall–Kier alpha value is -1.59. The van der Waals surface area contributed by atoms with E-state index in [9.17, 15) is 0 Å². The van der Waals surface area contributed by atoms with Crippen molar-refractivity contribution in [3.8, 4) is 5.75 Å². The molecule has 5 heteroatoms. The van der Waals surface area contributed by atoms with Crippen molar-refractivity contribution in [2.75, 3.05) is 11.9 Å². The molecular weight excluding hydrogens is 336 g/mol. The summed E-state index contributed by atoms with van der Waals surface area (Å²) in [4.78, 5) is 0.367. The van der Waals surface area contributed by atoms with E-state index >= 15 is 0 Å². The monoisotopic (exact) mass is 350 g/mol. The molecule has 0 aromatic heterocycles. The number of nitrogens with one attached hydrogen (secondary N) is 1. The van der Waals surface area contributed by atoms with Crippen molar-refractivity contribution in [3.05, 3.63) is 52.5 Å². The second-order valence-electron chi connectivity index (χ2n) is 4.14. The number of halogens is 1. The highest BCUT2D eigenvalue weighted by Gasteiger charge is 2.06. The molecule has 0 saturated carbocycles. The van der Waals surface area contributed by atoms with E-state index in [-0.39, 0.29) is 0 Å². The highest BCUT2D eigenvalue weighted by molar-refractivity contribution is 9.10. The van der Waals surface area contributed by atoms with Gasteiger partial charge in [-0.2, -0.15) is 0 Å². The van der Waals surface area contributed by atoms with Crippen LogP contribution in [0.2, 0.25) is 0 Å². The molecule has 0 unspecified atom stereocenters. The fourth-order valence-electron chi connectivity index (χ4n) is 1.79. The molecule has 104 valence electrons. The predicted octanol–water partition coefficient (Wildman–Crippen LogP) is 4.23. The molecule has 2 rings (SSSR count). The molecule has 2 aromatic rings. The Bertz CT molecular complexity index is 614. The van der Waals surface area contributed by atoms with Gasteiger partial charge >= 0.3 is 0 Å². The lowest BCUT2D eigenvalue weighted by molar-refractivity contribution is 0.340. The topological polar surface area (TPSA) is 47.3 Å². The summed E-state index contributed by atoms with van der Waals surface area (Å²) in [6, 6.07) is 13.5. The van der Waals surface area contributed by atoms with E-state index in [1.807, 2.05) is 49.4 Å². The molecule has 2 aromatic carbocycles. The first-order valence-electron chi connectivity index (χ1n) is 6.19. The number of hydrogen-bond donors (Lipinski definition) is 2. The largest absolute Gasteiger partial charge is 0.494 e. The lowest BCUT2D eigenvalue weighted by atomic mass is 10.1. The molecule has 0 bridgehead atoms. The Morgan fingerprint density at radius 1 is 1.25 bits per heavy atom. The average Bonchev–Trinajstić information content (AvgIpc) is 2.41. The highest BCUT2D eigenvalue weighted by atomic mass is 79.9. The normalized spacial score (nSPS) is 10.1. The average molecular weight is 351 g/mol. The molecular formula is C15H15BrN2OS. The molecule has 0 aliphatic carbocycles. The highest BCUT2D eigenvalue weighted by Crippen LogP contribution is 2.26. The van der Waals surface area contributed by atoms with Crippen LogP contribution in [0.25, 0.3) is 0 Å².